The third kappa shape index (κ3) is 3.40. The lowest BCUT2D eigenvalue weighted by Gasteiger charge is -2.06. The Morgan fingerprint density at radius 2 is 2.53 bits per heavy atom. The highest BCUT2D eigenvalue weighted by Crippen LogP contribution is 1.95. The van der Waals surface area contributed by atoms with E-state index in [4.69, 9.17) is 11.0 Å². The lowest BCUT2D eigenvalue weighted by molar-refractivity contribution is -0.121. The largest absolute Gasteiger partial charge is 0.354 e. The van der Waals surface area contributed by atoms with Crippen LogP contribution in [0.25, 0.3) is 0 Å². The Morgan fingerprint density at radius 1 is 1.73 bits per heavy atom. The molecule has 0 fully saturated rings. The first kappa shape index (κ1) is 11.2. The lowest BCUT2D eigenvalue weighted by Crippen LogP contribution is -2.29. The maximum Gasteiger partial charge on any atom is 0.240 e. The number of nitrogens with two attached hydrogens (primary N) is 1. The lowest BCUT2D eigenvalue weighted by atomic mass is 10.4. The number of nitriles is 1. The minimum atomic E-state index is -0.141. The van der Waals surface area contributed by atoms with Crippen LogP contribution in [0.4, 0.5) is 0 Å². The standard InChI is InChI=1S/C9H13N5O/c10-2-1-3-13-9(15)7-14-5-4-12-8(14)6-11/h4-5H,1,3,6-7,11H2,(H,13,15). The van der Waals surface area contributed by atoms with Crippen LogP contribution in [0.2, 0.25) is 0 Å². The number of imidazole rings is 1. The van der Waals surface area contributed by atoms with E-state index in [0.29, 0.717) is 25.3 Å². The van der Waals surface area contributed by atoms with Gasteiger partial charge in [-0.05, 0) is 0 Å². The molecule has 1 amide bonds. The fraction of sp³-hybridized carbons (Fsp3) is 0.444. The zero-order valence-electron chi connectivity index (χ0n) is 8.31. The quantitative estimate of drug-likeness (QED) is 0.628. The molecule has 3 N–H and O–H groups in total. The van der Waals surface area contributed by atoms with Crippen LogP contribution in [0.3, 0.4) is 0 Å². The van der Waals surface area contributed by atoms with E-state index >= 15 is 0 Å². The average molecular weight is 207 g/mol. The van der Waals surface area contributed by atoms with Gasteiger partial charge in [-0.2, -0.15) is 5.26 Å². The van der Waals surface area contributed by atoms with Crippen molar-refractivity contribution in [2.45, 2.75) is 19.5 Å². The predicted molar refractivity (Wildman–Crippen MR) is 53.4 cm³/mol. The monoisotopic (exact) mass is 207 g/mol. The van der Waals surface area contributed by atoms with Gasteiger partial charge in [0.25, 0.3) is 0 Å². The molecule has 0 aliphatic carbocycles. The van der Waals surface area contributed by atoms with Gasteiger partial charge in [0.05, 0.1) is 19.0 Å². The molecule has 1 aromatic heterocycles. The molecule has 6 nitrogen and oxygen atoms in total. The SMILES string of the molecule is N#CCCNC(=O)Cn1ccnc1CN. The minimum absolute atomic E-state index is 0.141. The molecule has 0 aromatic carbocycles. The molecule has 0 saturated carbocycles. The molecular weight excluding hydrogens is 194 g/mol. The van der Waals surface area contributed by atoms with Crippen molar-refractivity contribution < 1.29 is 4.79 Å². The Kier molecular flexibility index (Phi) is 4.31. The van der Waals surface area contributed by atoms with Crippen LogP contribution in [-0.2, 0) is 17.9 Å². The highest BCUT2D eigenvalue weighted by atomic mass is 16.1. The summed E-state index contributed by atoms with van der Waals surface area (Å²) in [6.45, 7) is 0.873. The fourth-order valence-electron chi connectivity index (χ4n) is 1.14. The maximum absolute atomic E-state index is 11.3. The topological polar surface area (TPSA) is 96.7 Å². The summed E-state index contributed by atoms with van der Waals surface area (Å²) in [6.07, 6.45) is 3.62. The van der Waals surface area contributed by atoms with Gasteiger partial charge in [0.2, 0.25) is 5.91 Å². The van der Waals surface area contributed by atoms with Gasteiger partial charge in [-0.15, -0.1) is 0 Å². The second kappa shape index (κ2) is 5.78. The van der Waals surface area contributed by atoms with Crippen molar-refractivity contribution in [2.24, 2.45) is 5.73 Å². The molecule has 15 heavy (non-hydrogen) atoms. The Labute approximate surface area is 87.7 Å². The molecule has 0 aliphatic heterocycles. The smallest absolute Gasteiger partial charge is 0.240 e. The molecule has 0 spiro atoms. The second-order valence-electron chi connectivity index (χ2n) is 2.93. The van der Waals surface area contributed by atoms with Crippen molar-refractivity contribution >= 4 is 5.91 Å². The average Bonchev–Trinajstić information content (AvgIpc) is 2.65. The first-order valence-corrected chi connectivity index (χ1v) is 4.61. The molecule has 0 radical (unpaired) electrons. The first-order valence-electron chi connectivity index (χ1n) is 4.61. The fourth-order valence-corrected chi connectivity index (χ4v) is 1.14. The Balaban J connectivity index is 2.41. The van der Waals surface area contributed by atoms with Gasteiger partial charge in [0.1, 0.15) is 12.4 Å². The number of nitrogens with zero attached hydrogens (tertiary/aromatic N) is 3. The van der Waals surface area contributed by atoms with Gasteiger partial charge >= 0.3 is 0 Å². The van der Waals surface area contributed by atoms with E-state index in [9.17, 15) is 4.79 Å². The second-order valence-corrected chi connectivity index (χ2v) is 2.93. The summed E-state index contributed by atoms with van der Waals surface area (Å²) in [5.41, 5.74) is 5.43. The molecule has 0 unspecified atom stereocenters. The Hall–Kier alpha value is -1.87. The predicted octanol–water partition coefficient (Wildman–Crippen LogP) is -0.628. The molecule has 1 aromatic rings. The zero-order valence-corrected chi connectivity index (χ0v) is 8.31. The maximum atomic E-state index is 11.3. The summed E-state index contributed by atoms with van der Waals surface area (Å²) >= 11 is 0. The molecule has 0 bridgehead atoms. The normalized spacial score (nSPS) is 9.60. The van der Waals surface area contributed by atoms with Crippen LogP contribution in [-0.4, -0.2) is 22.0 Å². The van der Waals surface area contributed by atoms with Crippen molar-refractivity contribution in [3.8, 4) is 6.07 Å². The van der Waals surface area contributed by atoms with Gasteiger partial charge in [-0.1, -0.05) is 0 Å². The number of carbonyl (C=O) groups excluding carboxylic acids is 1. The molecule has 80 valence electrons. The van der Waals surface area contributed by atoms with E-state index in [2.05, 4.69) is 10.3 Å². The highest BCUT2D eigenvalue weighted by Gasteiger charge is 2.05. The van der Waals surface area contributed by atoms with E-state index in [0.717, 1.165) is 0 Å². The van der Waals surface area contributed by atoms with E-state index < -0.39 is 0 Å². The summed E-state index contributed by atoms with van der Waals surface area (Å²) in [5, 5.41) is 10.9. The Bertz CT molecular complexity index is 365. The van der Waals surface area contributed by atoms with Crippen molar-refractivity contribution in [1.29, 1.82) is 5.26 Å². The van der Waals surface area contributed by atoms with Gasteiger partial charge in [-0.25, -0.2) is 4.98 Å². The summed E-state index contributed by atoms with van der Waals surface area (Å²) in [6, 6.07) is 1.95. The van der Waals surface area contributed by atoms with Gasteiger partial charge < -0.3 is 15.6 Å². The van der Waals surface area contributed by atoms with Crippen LogP contribution in [0.1, 0.15) is 12.2 Å². The van der Waals surface area contributed by atoms with E-state index in [1.807, 2.05) is 6.07 Å². The van der Waals surface area contributed by atoms with Crippen LogP contribution in [0.5, 0.6) is 0 Å². The van der Waals surface area contributed by atoms with Crippen LogP contribution >= 0.6 is 0 Å². The number of hydrogen-bond acceptors (Lipinski definition) is 4. The van der Waals surface area contributed by atoms with Crippen LogP contribution in [0, 0.1) is 11.3 Å². The van der Waals surface area contributed by atoms with Crippen molar-refractivity contribution in [3.05, 3.63) is 18.2 Å². The van der Waals surface area contributed by atoms with Crippen molar-refractivity contribution in [1.82, 2.24) is 14.9 Å². The molecule has 1 rings (SSSR count). The minimum Gasteiger partial charge on any atom is -0.354 e. The number of rotatable bonds is 5. The van der Waals surface area contributed by atoms with Crippen molar-refractivity contribution in [2.75, 3.05) is 6.54 Å². The molecule has 0 aliphatic rings. The zero-order chi connectivity index (χ0) is 11.1. The third-order valence-electron chi connectivity index (χ3n) is 1.86. The highest BCUT2D eigenvalue weighted by molar-refractivity contribution is 5.75. The molecular formula is C9H13N5O. The Morgan fingerprint density at radius 3 is 3.20 bits per heavy atom. The summed E-state index contributed by atoms with van der Waals surface area (Å²) in [7, 11) is 0. The molecule has 0 saturated heterocycles. The number of carbonyl (C=O) groups is 1. The van der Waals surface area contributed by atoms with E-state index in [1.54, 1.807) is 17.0 Å². The number of nitrogens with one attached hydrogen (secondary N) is 1. The van der Waals surface area contributed by atoms with E-state index in [1.165, 1.54) is 0 Å². The third-order valence-corrected chi connectivity index (χ3v) is 1.86. The number of hydrogen-bond donors (Lipinski definition) is 2. The van der Waals surface area contributed by atoms with Gasteiger partial charge in [-0.3, -0.25) is 4.79 Å². The van der Waals surface area contributed by atoms with E-state index in [-0.39, 0.29) is 12.5 Å². The number of aromatic nitrogens is 2. The molecule has 6 heteroatoms. The van der Waals surface area contributed by atoms with Crippen LogP contribution < -0.4 is 11.1 Å². The van der Waals surface area contributed by atoms with Gasteiger partial charge in [0, 0.05) is 18.9 Å². The summed E-state index contributed by atoms with van der Waals surface area (Å²) < 4.78 is 1.68. The van der Waals surface area contributed by atoms with Crippen LogP contribution in [0.15, 0.2) is 12.4 Å². The summed E-state index contributed by atoms with van der Waals surface area (Å²) in [4.78, 5) is 15.3. The molecule has 1 heterocycles. The van der Waals surface area contributed by atoms with Gasteiger partial charge in [0.15, 0.2) is 0 Å². The summed E-state index contributed by atoms with van der Waals surface area (Å²) in [5.74, 6) is 0.531. The number of amides is 1. The first-order chi connectivity index (χ1) is 7.27. The van der Waals surface area contributed by atoms with Crippen molar-refractivity contribution in [3.63, 3.8) is 0 Å². The molecule has 0 atom stereocenters.